The minimum Gasteiger partial charge on any atom is -0.508 e. The van der Waals surface area contributed by atoms with Crippen molar-refractivity contribution in [2.75, 3.05) is 11.5 Å². The lowest BCUT2D eigenvalue weighted by Crippen LogP contribution is -1.91. The maximum atomic E-state index is 9.61. The molecule has 5 heteroatoms. The smallest absolute Gasteiger partial charge is 0.124 e. The molecule has 0 bridgehead atoms. The first-order chi connectivity index (χ1) is 9.65. The third kappa shape index (κ3) is 2.05. The predicted octanol–water partition coefficient (Wildman–Crippen LogP) is 2.61. The molecule has 0 unspecified atom stereocenters. The molecule has 3 aromatic rings. The van der Waals surface area contributed by atoms with Crippen molar-refractivity contribution < 1.29 is 5.11 Å². The van der Waals surface area contributed by atoms with Gasteiger partial charge in [0.15, 0.2) is 0 Å². The van der Waals surface area contributed by atoms with Gasteiger partial charge in [-0.25, -0.2) is 0 Å². The highest BCUT2D eigenvalue weighted by Crippen LogP contribution is 2.33. The second-order valence-electron chi connectivity index (χ2n) is 4.50. The van der Waals surface area contributed by atoms with Crippen molar-refractivity contribution in [1.82, 2.24) is 9.97 Å². The van der Waals surface area contributed by atoms with Crippen molar-refractivity contribution >= 4 is 11.5 Å². The molecule has 0 spiro atoms. The average molecular weight is 266 g/mol. The quantitative estimate of drug-likeness (QED) is 0.572. The number of H-pyrrole nitrogens is 1. The molecular formula is C15H14N4O. The van der Waals surface area contributed by atoms with Crippen LogP contribution in [0.25, 0.3) is 22.5 Å². The highest BCUT2D eigenvalue weighted by atomic mass is 16.3. The molecule has 0 saturated carbocycles. The number of nitrogens with zero attached hydrogens (tertiary/aromatic N) is 1. The molecule has 0 fully saturated rings. The number of aromatic amines is 1. The van der Waals surface area contributed by atoms with Gasteiger partial charge < -0.3 is 21.6 Å². The number of anilines is 2. The summed E-state index contributed by atoms with van der Waals surface area (Å²) in [6, 6.07) is 12.5. The number of phenolic OH excluding ortho intramolecular Hbond substituents is 1. The minimum absolute atomic E-state index is 0.199. The Labute approximate surface area is 115 Å². The number of rotatable bonds is 2. The number of phenols is 1. The van der Waals surface area contributed by atoms with E-state index in [9.17, 15) is 5.11 Å². The van der Waals surface area contributed by atoms with Gasteiger partial charge in [-0.3, -0.25) is 4.98 Å². The number of benzene rings is 1. The molecule has 20 heavy (non-hydrogen) atoms. The maximum absolute atomic E-state index is 9.61. The average Bonchev–Trinajstić information content (AvgIpc) is 2.79. The van der Waals surface area contributed by atoms with Crippen LogP contribution in [0.5, 0.6) is 5.75 Å². The molecule has 100 valence electrons. The number of aromatic nitrogens is 2. The van der Waals surface area contributed by atoms with Gasteiger partial charge in [-0.15, -0.1) is 0 Å². The molecule has 0 aliphatic carbocycles. The number of pyridine rings is 1. The van der Waals surface area contributed by atoms with E-state index in [4.69, 9.17) is 11.5 Å². The first-order valence-corrected chi connectivity index (χ1v) is 6.14. The number of nitrogens with two attached hydrogens (primary N) is 2. The van der Waals surface area contributed by atoms with Crippen LogP contribution in [0.3, 0.4) is 0 Å². The van der Waals surface area contributed by atoms with E-state index in [0.717, 1.165) is 22.5 Å². The molecule has 2 heterocycles. The normalized spacial score (nSPS) is 10.6. The van der Waals surface area contributed by atoms with E-state index in [-0.39, 0.29) is 5.75 Å². The van der Waals surface area contributed by atoms with E-state index in [1.807, 2.05) is 18.2 Å². The number of hydrogen-bond acceptors (Lipinski definition) is 4. The fraction of sp³-hybridized carbons (Fsp3) is 0. The Bertz CT molecular complexity index is 745. The van der Waals surface area contributed by atoms with E-state index >= 15 is 0 Å². The second kappa shape index (κ2) is 4.62. The van der Waals surface area contributed by atoms with Gasteiger partial charge in [0.05, 0.1) is 17.1 Å². The van der Waals surface area contributed by atoms with Crippen LogP contribution >= 0.6 is 0 Å². The van der Waals surface area contributed by atoms with Crippen molar-refractivity contribution in [3.05, 3.63) is 48.7 Å². The topological polar surface area (TPSA) is 101 Å². The third-order valence-corrected chi connectivity index (χ3v) is 3.10. The molecule has 5 nitrogen and oxygen atoms in total. The van der Waals surface area contributed by atoms with Crippen molar-refractivity contribution in [3.63, 3.8) is 0 Å². The van der Waals surface area contributed by atoms with Gasteiger partial charge in [-0.2, -0.15) is 0 Å². The van der Waals surface area contributed by atoms with Crippen molar-refractivity contribution in [1.29, 1.82) is 0 Å². The summed E-state index contributed by atoms with van der Waals surface area (Å²) in [7, 11) is 0. The highest BCUT2D eigenvalue weighted by Gasteiger charge is 2.11. The Morgan fingerprint density at radius 3 is 2.60 bits per heavy atom. The van der Waals surface area contributed by atoms with Gasteiger partial charge in [0.25, 0.3) is 0 Å². The van der Waals surface area contributed by atoms with E-state index in [1.54, 1.807) is 30.5 Å². The summed E-state index contributed by atoms with van der Waals surface area (Å²) in [6.07, 6.45) is 1.71. The maximum Gasteiger partial charge on any atom is 0.124 e. The Morgan fingerprint density at radius 1 is 1.05 bits per heavy atom. The lowest BCUT2D eigenvalue weighted by Gasteiger charge is -2.07. The van der Waals surface area contributed by atoms with Crippen LogP contribution in [0, 0.1) is 0 Å². The fourth-order valence-corrected chi connectivity index (χ4v) is 2.14. The van der Waals surface area contributed by atoms with Gasteiger partial charge in [-0.1, -0.05) is 12.1 Å². The molecule has 0 aliphatic heterocycles. The zero-order valence-corrected chi connectivity index (χ0v) is 10.7. The standard InChI is InChI=1S/C15H14N4O/c16-12-8-13(19-15(12)17)11-5-2-6-18-14(11)9-3-1-4-10(20)7-9/h1-8,19-20H,16-17H2. The summed E-state index contributed by atoms with van der Waals surface area (Å²) in [5.74, 6) is 0.635. The van der Waals surface area contributed by atoms with Gasteiger partial charge in [0, 0.05) is 17.3 Å². The van der Waals surface area contributed by atoms with E-state index < -0.39 is 0 Å². The van der Waals surface area contributed by atoms with Crippen LogP contribution in [0.1, 0.15) is 0 Å². The highest BCUT2D eigenvalue weighted by molar-refractivity contribution is 5.83. The lowest BCUT2D eigenvalue weighted by molar-refractivity contribution is 0.475. The summed E-state index contributed by atoms with van der Waals surface area (Å²) < 4.78 is 0. The zero-order valence-electron chi connectivity index (χ0n) is 10.7. The molecule has 2 aromatic heterocycles. The lowest BCUT2D eigenvalue weighted by atomic mass is 10.0. The molecule has 1 aromatic carbocycles. The Morgan fingerprint density at radius 2 is 1.90 bits per heavy atom. The van der Waals surface area contributed by atoms with Gasteiger partial charge in [0.1, 0.15) is 11.6 Å². The van der Waals surface area contributed by atoms with E-state index in [1.165, 1.54) is 0 Å². The molecule has 0 saturated heterocycles. The molecule has 6 N–H and O–H groups in total. The van der Waals surface area contributed by atoms with Crippen LogP contribution in [0.15, 0.2) is 48.7 Å². The summed E-state index contributed by atoms with van der Waals surface area (Å²) in [6.45, 7) is 0. The molecule has 0 aliphatic rings. The van der Waals surface area contributed by atoms with Crippen LogP contribution in [0.2, 0.25) is 0 Å². The first kappa shape index (κ1) is 12.1. The van der Waals surface area contributed by atoms with Gasteiger partial charge in [-0.05, 0) is 30.3 Å². The summed E-state index contributed by atoms with van der Waals surface area (Å²) in [5, 5.41) is 9.61. The molecule has 3 rings (SSSR count). The van der Waals surface area contributed by atoms with Crippen LogP contribution in [0.4, 0.5) is 11.5 Å². The molecule has 0 radical (unpaired) electrons. The van der Waals surface area contributed by atoms with Crippen molar-refractivity contribution in [3.8, 4) is 28.3 Å². The fourth-order valence-electron chi connectivity index (χ4n) is 2.14. The van der Waals surface area contributed by atoms with Crippen molar-refractivity contribution in [2.24, 2.45) is 0 Å². The number of aromatic hydroxyl groups is 1. The Balaban J connectivity index is 2.18. The predicted molar refractivity (Wildman–Crippen MR) is 79.9 cm³/mol. The Kier molecular flexibility index (Phi) is 2.80. The SMILES string of the molecule is Nc1cc(-c2cccnc2-c2cccc(O)c2)[nH]c1N. The summed E-state index contributed by atoms with van der Waals surface area (Å²) in [5.41, 5.74) is 15.3. The largest absolute Gasteiger partial charge is 0.508 e. The summed E-state index contributed by atoms with van der Waals surface area (Å²) in [4.78, 5) is 7.43. The third-order valence-electron chi connectivity index (χ3n) is 3.10. The first-order valence-electron chi connectivity index (χ1n) is 6.14. The minimum atomic E-state index is 0.199. The number of nitrogens with one attached hydrogen (secondary N) is 1. The van der Waals surface area contributed by atoms with Crippen molar-refractivity contribution in [2.45, 2.75) is 0 Å². The number of hydrogen-bond donors (Lipinski definition) is 4. The van der Waals surface area contributed by atoms with Gasteiger partial charge >= 0.3 is 0 Å². The molecule has 0 amide bonds. The molecule has 0 atom stereocenters. The monoisotopic (exact) mass is 266 g/mol. The number of nitrogen functional groups attached to an aromatic ring is 2. The summed E-state index contributed by atoms with van der Waals surface area (Å²) >= 11 is 0. The second-order valence-corrected chi connectivity index (χ2v) is 4.50. The zero-order chi connectivity index (χ0) is 14.1. The van der Waals surface area contributed by atoms with Crippen LogP contribution in [-0.4, -0.2) is 15.1 Å². The van der Waals surface area contributed by atoms with E-state index in [2.05, 4.69) is 9.97 Å². The van der Waals surface area contributed by atoms with Crippen LogP contribution in [-0.2, 0) is 0 Å². The van der Waals surface area contributed by atoms with Crippen LogP contribution < -0.4 is 11.5 Å². The van der Waals surface area contributed by atoms with E-state index in [0.29, 0.717) is 11.5 Å². The molecular weight excluding hydrogens is 252 g/mol. The Hall–Kier alpha value is -2.95. The van der Waals surface area contributed by atoms with Gasteiger partial charge in [0.2, 0.25) is 0 Å².